The Bertz CT molecular complexity index is 1570. The van der Waals surface area contributed by atoms with E-state index in [0.717, 1.165) is 13.1 Å². The summed E-state index contributed by atoms with van der Waals surface area (Å²) in [5.41, 5.74) is 10.1. The Morgan fingerprint density at radius 1 is 1.21 bits per heavy atom. The minimum atomic E-state index is -1.55. The number of aromatic nitrogens is 4. The van der Waals surface area contributed by atoms with Crippen molar-refractivity contribution < 1.29 is 29.3 Å². The molecule has 3 N–H and O–H groups in total. The van der Waals surface area contributed by atoms with Crippen LogP contribution in [0.2, 0.25) is 5.02 Å². The van der Waals surface area contributed by atoms with Crippen LogP contribution in [-0.4, -0.2) is 108 Å². The van der Waals surface area contributed by atoms with Crippen molar-refractivity contribution in [3.63, 3.8) is 0 Å². The maximum absolute atomic E-state index is 12.8. The van der Waals surface area contributed by atoms with Crippen molar-refractivity contribution in [2.24, 2.45) is 5.11 Å². The van der Waals surface area contributed by atoms with Crippen LogP contribution >= 0.6 is 11.6 Å². The predicted molar refractivity (Wildman–Crippen MR) is 151 cm³/mol. The Labute approximate surface area is 249 Å². The summed E-state index contributed by atoms with van der Waals surface area (Å²) in [6.07, 6.45) is 0.881. The number of fused-ring (bicyclic) bond motifs is 1. The van der Waals surface area contributed by atoms with Crippen LogP contribution in [0.1, 0.15) is 24.6 Å². The molecule has 0 spiro atoms. The Morgan fingerprint density at radius 2 is 2.00 bits per heavy atom. The molecule has 0 radical (unpaired) electrons. The highest BCUT2D eigenvalue weighted by Crippen LogP contribution is 2.34. The highest BCUT2D eigenvalue weighted by atomic mass is 35.5. The fourth-order valence-electron chi connectivity index (χ4n) is 5.46. The Balaban J connectivity index is 1.14. The van der Waals surface area contributed by atoms with Gasteiger partial charge in [-0.3, -0.25) is 14.3 Å². The van der Waals surface area contributed by atoms with E-state index in [4.69, 9.17) is 26.6 Å². The smallest absolute Gasteiger partial charge is 0.333 e. The van der Waals surface area contributed by atoms with Crippen molar-refractivity contribution in [1.29, 1.82) is 0 Å². The van der Waals surface area contributed by atoms with Crippen LogP contribution in [0.3, 0.4) is 0 Å². The molecule has 1 aromatic carbocycles. The molecule has 17 heteroatoms. The van der Waals surface area contributed by atoms with Crippen LogP contribution < -0.4 is 10.1 Å². The topological polar surface area (TPSA) is 204 Å². The van der Waals surface area contributed by atoms with Crippen molar-refractivity contribution in [3.05, 3.63) is 51.9 Å². The molecule has 4 heterocycles. The van der Waals surface area contributed by atoms with Crippen molar-refractivity contribution in [2.75, 3.05) is 38.1 Å². The number of rotatable bonds is 10. The molecule has 1 saturated carbocycles. The number of hydrogen-bond donors (Lipinski definition) is 3. The molecule has 2 aromatic heterocycles. The van der Waals surface area contributed by atoms with E-state index in [1.54, 1.807) is 18.2 Å². The molecule has 3 aliphatic rings. The molecular formula is C26H29ClN10O6. The van der Waals surface area contributed by atoms with Gasteiger partial charge in [0.05, 0.1) is 6.33 Å². The number of nitrogens with one attached hydrogen (secondary N) is 1. The van der Waals surface area contributed by atoms with Gasteiger partial charge in [0.2, 0.25) is 0 Å². The molecule has 4 atom stereocenters. The van der Waals surface area contributed by atoms with E-state index in [0.29, 0.717) is 46.8 Å². The zero-order valence-electron chi connectivity index (χ0n) is 22.9. The number of aliphatic hydroxyl groups is 1. The number of amides is 1. The summed E-state index contributed by atoms with van der Waals surface area (Å²) >= 11 is 6.27. The highest BCUT2D eigenvalue weighted by Gasteiger charge is 2.48. The van der Waals surface area contributed by atoms with Crippen LogP contribution in [0.25, 0.3) is 21.6 Å². The fourth-order valence-corrected chi connectivity index (χ4v) is 5.66. The number of aliphatic hydroxyl groups excluding tert-OH is 1. The van der Waals surface area contributed by atoms with Gasteiger partial charge in [0.1, 0.15) is 24.2 Å². The van der Waals surface area contributed by atoms with E-state index in [1.165, 1.54) is 30.1 Å². The SMILES string of the molecule is [N-]=[N+]=N[C@H]1[C@@H](O)[C@H](n2cnc3c(NCc4cc(Cl)ccc4OCC(=O)N4CCN(C5CC5)CC4)ncnc32)O[C@@H]1C(=O)O. The molecule has 0 bridgehead atoms. The van der Waals surface area contributed by atoms with Crippen molar-refractivity contribution in [2.45, 2.75) is 49.9 Å². The van der Waals surface area contributed by atoms with E-state index < -0.39 is 30.4 Å². The van der Waals surface area contributed by atoms with E-state index in [2.05, 4.69) is 35.2 Å². The van der Waals surface area contributed by atoms with Gasteiger partial charge >= 0.3 is 5.97 Å². The summed E-state index contributed by atoms with van der Waals surface area (Å²) in [5, 5.41) is 27.2. The van der Waals surface area contributed by atoms with E-state index >= 15 is 0 Å². The molecule has 6 rings (SSSR count). The number of piperazine rings is 1. The summed E-state index contributed by atoms with van der Waals surface area (Å²) in [6.45, 7) is 3.27. The summed E-state index contributed by atoms with van der Waals surface area (Å²) in [7, 11) is 0. The third-order valence-corrected chi connectivity index (χ3v) is 8.08. The number of ether oxygens (including phenoxy) is 2. The van der Waals surface area contributed by atoms with Crippen LogP contribution in [0.15, 0.2) is 36.0 Å². The standard InChI is InChI=1S/C26H29ClN10O6/c27-15-1-4-17(42-11-18(38)36-7-5-35(6-8-36)16-2-3-16)14(9-15)10-29-23-20-24(31-12-30-23)37(13-32-20)25-21(39)19(33-34-28)22(43-25)26(40)41/h1,4,9,12-13,16,19,21-22,25,39H,2-3,5-8,10-11H2,(H,40,41)(H,29,30,31)/t19-,21+,22-,25+/m0/s1. The third kappa shape index (κ3) is 6.00. The molecule has 1 amide bonds. The van der Waals surface area contributed by atoms with Gasteiger partial charge in [-0.25, -0.2) is 19.7 Å². The maximum atomic E-state index is 12.8. The number of halogens is 1. The van der Waals surface area contributed by atoms with E-state index in [1.807, 2.05) is 4.90 Å². The number of nitrogens with zero attached hydrogens (tertiary/aromatic N) is 9. The lowest BCUT2D eigenvalue weighted by Gasteiger charge is -2.34. The third-order valence-electron chi connectivity index (χ3n) is 7.85. The molecule has 1 aliphatic carbocycles. The molecule has 3 fully saturated rings. The van der Waals surface area contributed by atoms with E-state index in [9.17, 15) is 19.8 Å². The summed E-state index contributed by atoms with van der Waals surface area (Å²) in [6, 6.07) is 4.46. The largest absolute Gasteiger partial charge is 0.483 e. The number of hydrogen-bond acceptors (Lipinski definition) is 11. The van der Waals surface area contributed by atoms with E-state index in [-0.39, 0.29) is 24.7 Å². The number of carboxylic acids is 1. The number of carbonyl (C=O) groups is 2. The first-order chi connectivity index (χ1) is 20.8. The van der Waals surface area contributed by atoms with Crippen molar-refractivity contribution >= 4 is 40.5 Å². The van der Waals surface area contributed by atoms with Crippen molar-refractivity contribution in [1.82, 2.24) is 29.3 Å². The Kier molecular flexibility index (Phi) is 8.19. The number of imidazole rings is 1. The zero-order chi connectivity index (χ0) is 30.1. The molecule has 16 nitrogen and oxygen atoms in total. The Hall–Kier alpha value is -4.21. The zero-order valence-corrected chi connectivity index (χ0v) is 23.6. The number of carboxylic acid groups (broad SMARTS) is 1. The van der Waals surface area contributed by atoms with Gasteiger partial charge in [-0.15, -0.1) is 0 Å². The first kappa shape index (κ1) is 28.9. The van der Waals surface area contributed by atoms with Crippen LogP contribution in [0.4, 0.5) is 5.82 Å². The van der Waals surface area contributed by atoms with Gasteiger partial charge < -0.3 is 29.9 Å². The lowest BCUT2D eigenvalue weighted by atomic mass is 10.1. The molecule has 0 unspecified atom stereocenters. The van der Waals surface area contributed by atoms with Gasteiger partial charge in [-0.2, -0.15) is 0 Å². The first-order valence-electron chi connectivity index (χ1n) is 13.8. The molecule has 2 aliphatic heterocycles. The quantitative estimate of drug-likeness (QED) is 0.171. The molecule has 3 aromatic rings. The minimum absolute atomic E-state index is 0.0727. The highest BCUT2D eigenvalue weighted by molar-refractivity contribution is 6.30. The number of benzene rings is 1. The maximum Gasteiger partial charge on any atom is 0.333 e. The van der Waals surface area contributed by atoms with Gasteiger partial charge in [-0.1, -0.05) is 16.7 Å². The van der Waals surface area contributed by atoms with Crippen LogP contribution in [-0.2, 0) is 20.9 Å². The average Bonchev–Trinajstić information content (AvgIpc) is 3.69. The summed E-state index contributed by atoms with van der Waals surface area (Å²) < 4.78 is 12.8. The van der Waals surface area contributed by atoms with Crippen LogP contribution in [0, 0.1) is 0 Å². The molecule has 2 saturated heterocycles. The van der Waals surface area contributed by atoms with Crippen LogP contribution in [0.5, 0.6) is 5.75 Å². The number of anilines is 1. The van der Waals surface area contributed by atoms with Gasteiger partial charge in [0.15, 0.2) is 35.9 Å². The molecule has 226 valence electrons. The number of carbonyl (C=O) groups excluding carboxylic acids is 1. The fraction of sp³-hybridized carbons (Fsp3) is 0.500. The summed E-state index contributed by atoms with van der Waals surface area (Å²) in [5.74, 6) is -0.619. The number of aliphatic carboxylic acids is 1. The number of azide groups is 1. The normalized spacial score (nSPS) is 24.1. The lowest BCUT2D eigenvalue weighted by molar-refractivity contribution is -0.152. The monoisotopic (exact) mass is 612 g/mol. The first-order valence-corrected chi connectivity index (χ1v) is 14.2. The minimum Gasteiger partial charge on any atom is -0.483 e. The van der Waals surface area contributed by atoms with Crippen molar-refractivity contribution in [3.8, 4) is 5.75 Å². The van der Waals surface area contributed by atoms with Gasteiger partial charge in [0.25, 0.3) is 5.91 Å². The molecule has 43 heavy (non-hydrogen) atoms. The lowest BCUT2D eigenvalue weighted by Crippen LogP contribution is -2.50. The second-order valence-corrected chi connectivity index (χ2v) is 11.0. The second-order valence-electron chi connectivity index (χ2n) is 10.6. The second kappa shape index (κ2) is 12.2. The Morgan fingerprint density at radius 3 is 2.72 bits per heavy atom. The average molecular weight is 613 g/mol. The summed E-state index contributed by atoms with van der Waals surface area (Å²) in [4.78, 5) is 44.2. The predicted octanol–water partition coefficient (Wildman–Crippen LogP) is 1.80. The van der Waals surface area contributed by atoms with Gasteiger partial charge in [-0.05, 0) is 36.6 Å². The van der Waals surface area contributed by atoms with Gasteiger partial charge in [0, 0.05) is 54.3 Å². The molecular weight excluding hydrogens is 584 g/mol.